The molecule has 1 aromatic carbocycles. The van der Waals surface area contributed by atoms with Crippen LogP contribution in [0.5, 0.6) is 0 Å². The zero-order valence-corrected chi connectivity index (χ0v) is 15.0. The van der Waals surface area contributed by atoms with Crippen LogP contribution < -0.4 is 0 Å². The summed E-state index contributed by atoms with van der Waals surface area (Å²) >= 11 is 0. The number of carbonyl (C=O) groups is 2. The first kappa shape index (κ1) is 16.8. The highest BCUT2D eigenvalue weighted by Crippen LogP contribution is 2.35. The summed E-state index contributed by atoms with van der Waals surface area (Å²) in [4.78, 5) is 29.4. The van der Waals surface area contributed by atoms with Crippen molar-refractivity contribution in [2.75, 3.05) is 13.1 Å². The number of fused-ring (bicyclic) bond motifs is 3. The average Bonchev–Trinajstić information content (AvgIpc) is 3.45. The van der Waals surface area contributed by atoms with E-state index in [9.17, 15) is 14.0 Å². The first-order valence-electron chi connectivity index (χ1n) is 9.17. The predicted molar refractivity (Wildman–Crippen MR) is 98.1 cm³/mol. The predicted octanol–water partition coefficient (Wildman–Crippen LogP) is 2.94. The fourth-order valence-corrected chi connectivity index (χ4v) is 4.21. The second-order valence-corrected chi connectivity index (χ2v) is 7.18. The molecule has 2 aliphatic heterocycles. The molecular formula is C21H18FN3O3. The normalized spacial score (nSPS) is 21.0. The number of benzene rings is 1. The summed E-state index contributed by atoms with van der Waals surface area (Å²) in [6.07, 6.45) is 3.37. The topological polar surface area (TPSA) is 58.7 Å². The number of carbonyl (C=O) groups excluding carboxylic acids is 2. The Labute approximate surface area is 160 Å². The molecule has 0 N–H and O–H groups in total. The van der Waals surface area contributed by atoms with E-state index < -0.39 is 0 Å². The number of likely N-dealkylation sites (tertiary alicyclic amines) is 1. The van der Waals surface area contributed by atoms with E-state index in [1.54, 1.807) is 40.1 Å². The summed E-state index contributed by atoms with van der Waals surface area (Å²) < 4.78 is 20.5. The Morgan fingerprint density at radius 1 is 1.07 bits per heavy atom. The second kappa shape index (κ2) is 6.37. The largest absolute Gasteiger partial charge is 0.459 e. The molecule has 0 bridgehead atoms. The molecule has 0 aliphatic carbocycles. The van der Waals surface area contributed by atoms with Crippen molar-refractivity contribution in [3.63, 3.8) is 0 Å². The van der Waals surface area contributed by atoms with Crippen LogP contribution in [0.25, 0.3) is 0 Å². The summed E-state index contributed by atoms with van der Waals surface area (Å²) in [5.41, 5.74) is 1.46. The molecular weight excluding hydrogens is 361 g/mol. The molecule has 2 aliphatic rings. The molecule has 6 nitrogen and oxygen atoms in total. The molecule has 0 saturated carbocycles. The molecule has 5 rings (SSSR count). The molecule has 142 valence electrons. The lowest BCUT2D eigenvalue weighted by Crippen LogP contribution is -2.49. The van der Waals surface area contributed by atoms with Crippen LogP contribution in [0.3, 0.4) is 0 Å². The monoisotopic (exact) mass is 379 g/mol. The van der Waals surface area contributed by atoms with E-state index in [0.29, 0.717) is 31.1 Å². The van der Waals surface area contributed by atoms with Gasteiger partial charge in [-0.1, -0.05) is 12.1 Å². The first-order chi connectivity index (χ1) is 13.6. The lowest BCUT2D eigenvalue weighted by Gasteiger charge is -2.38. The van der Waals surface area contributed by atoms with Crippen molar-refractivity contribution in [2.24, 2.45) is 0 Å². The van der Waals surface area contributed by atoms with Gasteiger partial charge in [0.05, 0.1) is 18.3 Å². The van der Waals surface area contributed by atoms with Crippen LogP contribution >= 0.6 is 0 Å². The maximum absolute atomic E-state index is 13.3. The Morgan fingerprint density at radius 3 is 2.61 bits per heavy atom. The van der Waals surface area contributed by atoms with Gasteiger partial charge in [-0.2, -0.15) is 0 Å². The summed E-state index contributed by atoms with van der Waals surface area (Å²) in [5.74, 6) is -0.274. The minimum absolute atomic E-state index is 0.0259. The van der Waals surface area contributed by atoms with Gasteiger partial charge in [0.25, 0.3) is 11.8 Å². The van der Waals surface area contributed by atoms with Gasteiger partial charge in [0.1, 0.15) is 11.5 Å². The molecule has 0 unspecified atom stereocenters. The molecule has 1 fully saturated rings. The third kappa shape index (κ3) is 2.62. The van der Waals surface area contributed by atoms with Crippen LogP contribution in [0, 0.1) is 5.82 Å². The number of amides is 2. The first-order valence-corrected chi connectivity index (χ1v) is 9.17. The Balaban J connectivity index is 1.47. The number of halogens is 1. The highest BCUT2D eigenvalue weighted by atomic mass is 19.1. The Morgan fingerprint density at radius 2 is 1.86 bits per heavy atom. The molecule has 1 saturated heterocycles. The molecule has 7 heteroatoms. The molecule has 4 heterocycles. The maximum atomic E-state index is 13.3. The Hall–Kier alpha value is -3.35. The van der Waals surface area contributed by atoms with E-state index in [1.807, 2.05) is 16.8 Å². The van der Waals surface area contributed by atoms with Crippen molar-refractivity contribution in [1.29, 1.82) is 0 Å². The molecule has 2 amide bonds. The highest BCUT2D eigenvalue weighted by Gasteiger charge is 2.46. The third-order valence-corrected chi connectivity index (χ3v) is 5.56. The van der Waals surface area contributed by atoms with Gasteiger partial charge in [-0.25, -0.2) is 4.39 Å². The fourth-order valence-electron chi connectivity index (χ4n) is 4.21. The van der Waals surface area contributed by atoms with Crippen LogP contribution in [0.15, 0.2) is 65.4 Å². The fraction of sp³-hybridized carbons (Fsp3) is 0.238. The highest BCUT2D eigenvalue weighted by molar-refractivity contribution is 5.95. The second-order valence-electron chi connectivity index (χ2n) is 7.18. The summed E-state index contributed by atoms with van der Waals surface area (Å²) in [5, 5.41) is 0. The summed E-state index contributed by atoms with van der Waals surface area (Å²) in [6.45, 7) is 1.29. The van der Waals surface area contributed by atoms with Crippen molar-refractivity contribution >= 4 is 11.8 Å². The minimum Gasteiger partial charge on any atom is -0.459 e. The molecule has 0 radical (unpaired) electrons. The number of rotatable bonds is 3. The van der Waals surface area contributed by atoms with Gasteiger partial charge >= 0.3 is 0 Å². The van der Waals surface area contributed by atoms with Crippen molar-refractivity contribution in [1.82, 2.24) is 14.4 Å². The van der Waals surface area contributed by atoms with Crippen molar-refractivity contribution in [2.45, 2.75) is 18.6 Å². The zero-order chi connectivity index (χ0) is 19.3. The van der Waals surface area contributed by atoms with Gasteiger partial charge in [-0.05, 0) is 42.0 Å². The average molecular weight is 379 g/mol. The lowest BCUT2D eigenvalue weighted by molar-refractivity contribution is 0.0549. The van der Waals surface area contributed by atoms with Gasteiger partial charge in [-0.3, -0.25) is 9.59 Å². The van der Waals surface area contributed by atoms with Crippen molar-refractivity contribution < 1.29 is 18.4 Å². The van der Waals surface area contributed by atoms with Crippen LogP contribution in [0.4, 0.5) is 4.39 Å². The van der Waals surface area contributed by atoms with E-state index in [0.717, 1.165) is 5.56 Å². The quantitative estimate of drug-likeness (QED) is 0.703. The zero-order valence-electron chi connectivity index (χ0n) is 15.0. The Bertz CT molecular complexity index is 1030. The molecule has 2 aromatic heterocycles. The van der Waals surface area contributed by atoms with Crippen LogP contribution in [-0.4, -0.2) is 45.3 Å². The Kier molecular flexibility index (Phi) is 3.82. The molecule has 3 aromatic rings. The minimum atomic E-state index is -0.309. The van der Waals surface area contributed by atoms with Crippen LogP contribution in [0.1, 0.15) is 32.6 Å². The number of furan rings is 1. The van der Waals surface area contributed by atoms with Gasteiger partial charge in [-0.15, -0.1) is 0 Å². The number of nitrogens with zero attached hydrogens (tertiary/aromatic N) is 3. The van der Waals surface area contributed by atoms with Crippen molar-refractivity contribution in [3.8, 4) is 0 Å². The van der Waals surface area contributed by atoms with E-state index >= 15 is 0 Å². The lowest BCUT2D eigenvalue weighted by atomic mass is 10.0. The SMILES string of the molecule is O=C(c1ccco1)N1C[C@@H]2[C@H](C1)N(Cc1ccc(F)cc1)C(=O)c1cccn12. The smallest absolute Gasteiger partial charge is 0.289 e. The van der Waals surface area contributed by atoms with E-state index in [1.165, 1.54) is 18.4 Å². The molecule has 0 spiro atoms. The van der Waals surface area contributed by atoms with Crippen LogP contribution in [0.2, 0.25) is 0 Å². The summed E-state index contributed by atoms with van der Waals surface area (Å²) in [7, 11) is 0. The number of hydrogen-bond acceptors (Lipinski definition) is 3. The van der Waals surface area contributed by atoms with Gasteiger partial charge in [0, 0.05) is 25.8 Å². The van der Waals surface area contributed by atoms with Crippen LogP contribution in [-0.2, 0) is 6.54 Å². The standard InChI is InChI=1S/C21H18FN3O3/c22-15-7-5-14(6-8-15)11-25-18-13-23(21(27)19-4-2-10-28-19)12-17(18)24-9-1-3-16(24)20(25)26/h1-10,17-18H,11-13H2/t17-,18+/m1/s1. The third-order valence-electron chi connectivity index (χ3n) is 5.56. The van der Waals surface area contributed by atoms with Gasteiger partial charge in [0.2, 0.25) is 0 Å². The summed E-state index contributed by atoms with van der Waals surface area (Å²) in [6, 6.07) is 13.0. The maximum Gasteiger partial charge on any atom is 0.289 e. The van der Waals surface area contributed by atoms with Gasteiger partial charge in [0.15, 0.2) is 5.76 Å². The van der Waals surface area contributed by atoms with Crippen molar-refractivity contribution in [3.05, 3.63) is 83.8 Å². The van der Waals surface area contributed by atoms with E-state index in [2.05, 4.69) is 0 Å². The number of aromatic nitrogens is 1. The molecule has 28 heavy (non-hydrogen) atoms. The van der Waals surface area contributed by atoms with E-state index in [4.69, 9.17) is 4.42 Å². The number of hydrogen-bond donors (Lipinski definition) is 0. The van der Waals surface area contributed by atoms with Gasteiger partial charge < -0.3 is 18.8 Å². The molecule has 2 atom stereocenters. The van der Waals surface area contributed by atoms with E-state index in [-0.39, 0.29) is 29.7 Å².